The summed E-state index contributed by atoms with van der Waals surface area (Å²) in [5.74, 6) is 0.750. The Bertz CT molecular complexity index is 1150. The van der Waals surface area contributed by atoms with Crippen LogP contribution in [0.25, 0.3) is 10.9 Å². The molecule has 4 rings (SSSR count). The molecule has 176 valence electrons. The van der Waals surface area contributed by atoms with Gasteiger partial charge in [0.25, 0.3) is 0 Å². The predicted octanol–water partition coefficient (Wildman–Crippen LogP) is 4.97. The fraction of sp³-hybridized carbons (Fsp3) is 0.478. The first-order chi connectivity index (χ1) is 15.7. The van der Waals surface area contributed by atoms with Gasteiger partial charge >= 0.3 is 6.09 Å². The highest BCUT2D eigenvalue weighted by Crippen LogP contribution is 2.36. The van der Waals surface area contributed by atoms with E-state index in [1.54, 1.807) is 25.5 Å². The number of nitrogens with zero attached hydrogens (tertiary/aromatic N) is 6. The number of carbonyl (C=O) groups is 1. The lowest BCUT2D eigenvalue weighted by molar-refractivity contribution is 0.0589. The Hall–Kier alpha value is -2.91. The van der Waals surface area contributed by atoms with E-state index in [1.807, 2.05) is 45.0 Å². The molecule has 0 atom stereocenters. The van der Waals surface area contributed by atoms with E-state index in [2.05, 4.69) is 14.6 Å². The number of ether oxygens (including phenoxy) is 2. The number of pyridine rings is 2. The maximum atomic E-state index is 12.6. The van der Waals surface area contributed by atoms with Gasteiger partial charge in [0, 0.05) is 39.7 Å². The molecule has 0 radical (unpaired) electrons. The largest absolute Gasteiger partial charge is 0.443 e. The van der Waals surface area contributed by atoms with Crippen LogP contribution in [0, 0.1) is 0 Å². The van der Waals surface area contributed by atoms with Crippen LogP contribution in [0.15, 0.2) is 30.7 Å². The first-order valence-electron chi connectivity index (χ1n) is 10.9. The maximum Gasteiger partial charge on any atom is 0.414 e. The van der Waals surface area contributed by atoms with Crippen molar-refractivity contribution in [1.29, 1.82) is 0 Å². The van der Waals surface area contributed by atoms with E-state index in [4.69, 9.17) is 26.2 Å². The highest BCUT2D eigenvalue weighted by molar-refractivity contribution is 6.32. The molecule has 1 aliphatic rings. The summed E-state index contributed by atoms with van der Waals surface area (Å²) in [5, 5.41) is 6.09. The third-order valence-corrected chi connectivity index (χ3v) is 5.86. The third kappa shape index (κ3) is 4.89. The predicted molar refractivity (Wildman–Crippen MR) is 129 cm³/mol. The van der Waals surface area contributed by atoms with Crippen molar-refractivity contribution in [2.24, 2.45) is 0 Å². The van der Waals surface area contributed by atoms with Crippen LogP contribution in [-0.4, -0.2) is 58.8 Å². The normalized spacial score (nSPS) is 15.0. The van der Waals surface area contributed by atoms with Crippen molar-refractivity contribution in [3.05, 3.63) is 35.9 Å². The molecule has 1 saturated heterocycles. The summed E-state index contributed by atoms with van der Waals surface area (Å²) in [6.45, 7) is 6.90. The number of anilines is 3. The Labute approximate surface area is 198 Å². The molecule has 0 aromatic carbocycles. The van der Waals surface area contributed by atoms with Crippen LogP contribution in [0.3, 0.4) is 0 Å². The Morgan fingerprint density at radius 2 is 1.97 bits per heavy atom. The fourth-order valence-corrected chi connectivity index (χ4v) is 4.05. The average Bonchev–Trinajstić information content (AvgIpc) is 3.18. The molecule has 1 aliphatic heterocycles. The van der Waals surface area contributed by atoms with Gasteiger partial charge in [-0.05, 0) is 45.7 Å². The van der Waals surface area contributed by atoms with Gasteiger partial charge in [0.1, 0.15) is 5.60 Å². The molecule has 0 unspecified atom stereocenters. The molecule has 1 amide bonds. The van der Waals surface area contributed by atoms with Crippen LogP contribution in [-0.2, 0) is 9.47 Å². The van der Waals surface area contributed by atoms with Gasteiger partial charge in [0.15, 0.2) is 11.0 Å². The van der Waals surface area contributed by atoms with E-state index in [0.717, 1.165) is 48.5 Å². The molecule has 10 heteroatoms. The van der Waals surface area contributed by atoms with Crippen LogP contribution >= 0.6 is 11.6 Å². The van der Waals surface area contributed by atoms with Crippen molar-refractivity contribution in [2.75, 3.05) is 37.1 Å². The van der Waals surface area contributed by atoms with E-state index < -0.39 is 11.7 Å². The lowest BCUT2D eigenvalue weighted by Gasteiger charge is -2.26. The van der Waals surface area contributed by atoms with Gasteiger partial charge in [-0.25, -0.2) is 9.78 Å². The number of hydrogen-bond acceptors (Lipinski definition) is 7. The van der Waals surface area contributed by atoms with Gasteiger partial charge in [-0.15, -0.1) is 0 Å². The fourth-order valence-electron chi connectivity index (χ4n) is 3.82. The first kappa shape index (κ1) is 23.3. The number of fused-ring (bicyclic) bond motifs is 1. The molecule has 0 spiro atoms. The molecule has 3 aromatic heterocycles. The van der Waals surface area contributed by atoms with Crippen LogP contribution in [0.4, 0.5) is 22.0 Å². The molecule has 9 nitrogen and oxygen atoms in total. The number of halogens is 1. The van der Waals surface area contributed by atoms with E-state index in [0.29, 0.717) is 5.69 Å². The van der Waals surface area contributed by atoms with Gasteiger partial charge in [0.2, 0.25) is 0 Å². The zero-order valence-corrected chi connectivity index (χ0v) is 20.3. The van der Waals surface area contributed by atoms with Gasteiger partial charge < -0.3 is 14.4 Å². The average molecular weight is 473 g/mol. The van der Waals surface area contributed by atoms with Crippen molar-refractivity contribution in [3.63, 3.8) is 0 Å². The Balaban J connectivity index is 1.69. The first-order valence-corrected chi connectivity index (χ1v) is 11.3. The molecule has 3 aromatic rings. The lowest BCUT2D eigenvalue weighted by Crippen LogP contribution is -2.34. The molecule has 1 fully saturated rings. The van der Waals surface area contributed by atoms with Crippen LogP contribution in [0.2, 0.25) is 5.15 Å². The molecule has 0 saturated carbocycles. The zero-order chi connectivity index (χ0) is 23.8. The van der Waals surface area contributed by atoms with Crippen molar-refractivity contribution in [2.45, 2.75) is 45.3 Å². The molecular formula is C23H29ClN6O3. The number of hydrogen-bond donors (Lipinski definition) is 0. The number of aromatic nitrogens is 4. The van der Waals surface area contributed by atoms with Crippen molar-refractivity contribution < 1.29 is 14.3 Å². The SMILES string of the molecule is CN(C(=O)OC(C)(C)C)c1cc(N(C)c2nn(C3CCOCC3)c3ccncc23)cnc1Cl. The van der Waals surface area contributed by atoms with Gasteiger partial charge in [0.05, 0.1) is 34.5 Å². The Morgan fingerprint density at radius 3 is 2.67 bits per heavy atom. The molecular weight excluding hydrogens is 444 g/mol. The minimum Gasteiger partial charge on any atom is -0.443 e. The van der Waals surface area contributed by atoms with E-state index in [1.165, 1.54) is 4.90 Å². The van der Waals surface area contributed by atoms with Crippen molar-refractivity contribution in [1.82, 2.24) is 19.7 Å². The Morgan fingerprint density at radius 1 is 1.24 bits per heavy atom. The molecule has 0 aliphatic carbocycles. The number of amides is 1. The van der Waals surface area contributed by atoms with Crippen LogP contribution in [0.5, 0.6) is 0 Å². The van der Waals surface area contributed by atoms with Gasteiger partial charge in [-0.2, -0.15) is 5.10 Å². The molecule has 0 bridgehead atoms. The highest BCUT2D eigenvalue weighted by atomic mass is 35.5. The second kappa shape index (κ2) is 9.15. The zero-order valence-electron chi connectivity index (χ0n) is 19.6. The smallest absolute Gasteiger partial charge is 0.414 e. The van der Waals surface area contributed by atoms with E-state index >= 15 is 0 Å². The van der Waals surface area contributed by atoms with Gasteiger partial charge in [-0.1, -0.05) is 11.6 Å². The number of rotatable bonds is 4. The quantitative estimate of drug-likeness (QED) is 0.495. The third-order valence-electron chi connectivity index (χ3n) is 5.56. The Kier molecular flexibility index (Phi) is 6.45. The summed E-state index contributed by atoms with van der Waals surface area (Å²) < 4.78 is 13.1. The summed E-state index contributed by atoms with van der Waals surface area (Å²) in [5.41, 5.74) is 1.57. The van der Waals surface area contributed by atoms with Gasteiger partial charge in [-0.3, -0.25) is 14.6 Å². The molecule has 4 heterocycles. The maximum absolute atomic E-state index is 12.6. The second-order valence-electron chi connectivity index (χ2n) is 9.11. The minimum absolute atomic E-state index is 0.208. The number of carbonyl (C=O) groups excluding carboxylic acids is 1. The summed E-state index contributed by atoms with van der Waals surface area (Å²) in [4.78, 5) is 24.5. The minimum atomic E-state index is -0.622. The second-order valence-corrected chi connectivity index (χ2v) is 9.46. The van der Waals surface area contributed by atoms with Crippen molar-refractivity contribution >= 4 is 45.8 Å². The summed E-state index contributed by atoms with van der Waals surface area (Å²) in [6, 6.07) is 4.05. The van der Waals surface area contributed by atoms with Crippen LogP contribution < -0.4 is 9.80 Å². The lowest BCUT2D eigenvalue weighted by atomic mass is 10.1. The standard InChI is InChI=1S/C23H29ClN6O3/c1-23(2,3)33-22(31)29(5)19-12-16(13-26-20(19)24)28(4)21-17-14-25-9-6-18(17)30(27-21)15-7-10-32-11-8-15/h6,9,12-15H,7-8,10-11H2,1-5H3. The van der Waals surface area contributed by atoms with Crippen LogP contribution in [0.1, 0.15) is 39.7 Å². The highest BCUT2D eigenvalue weighted by Gasteiger charge is 2.25. The van der Waals surface area contributed by atoms with E-state index in [-0.39, 0.29) is 11.2 Å². The summed E-state index contributed by atoms with van der Waals surface area (Å²) in [7, 11) is 3.52. The summed E-state index contributed by atoms with van der Waals surface area (Å²) >= 11 is 6.34. The molecule has 33 heavy (non-hydrogen) atoms. The van der Waals surface area contributed by atoms with E-state index in [9.17, 15) is 4.79 Å². The van der Waals surface area contributed by atoms with Crippen molar-refractivity contribution in [3.8, 4) is 0 Å². The topological polar surface area (TPSA) is 85.6 Å². The summed E-state index contributed by atoms with van der Waals surface area (Å²) in [6.07, 6.45) is 6.57. The molecule has 0 N–H and O–H groups in total. The monoisotopic (exact) mass is 472 g/mol.